The first-order valence-corrected chi connectivity index (χ1v) is 6.28. The van der Waals surface area contributed by atoms with Crippen LogP contribution in [-0.2, 0) is 16.0 Å². The molecule has 1 unspecified atom stereocenters. The van der Waals surface area contributed by atoms with Crippen LogP contribution in [0.3, 0.4) is 0 Å². The number of carbonyl (C=O) groups excluding carboxylic acids is 1. The van der Waals surface area contributed by atoms with E-state index in [2.05, 4.69) is 4.98 Å². The van der Waals surface area contributed by atoms with Gasteiger partial charge in [-0.25, -0.2) is 0 Å². The fourth-order valence-electron chi connectivity index (χ4n) is 2.05. The lowest BCUT2D eigenvalue weighted by atomic mass is 10.1. The molecule has 1 saturated heterocycles. The molecule has 0 aliphatic carbocycles. The average molecular weight is 249 g/mol. The zero-order chi connectivity index (χ0) is 12.8. The van der Waals surface area contributed by atoms with Gasteiger partial charge in [0.05, 0.1) is 12.7 Å². The van der Waals surface area contributed by atoms with Gasteiger partial charge in [-0.15, -0.1) is 0 Å². The fourth-order valence-corrected chi connectivity index (χ4v) is 2.05. The molecule has 1 aromatic heterocycles. The Morgan fingerprint density at radius 1 is 1.50 bits per heavy atom. The lowest BCUT2D eigenvalue weighted by Crippen LogP contribution is -2.48. The largest absolute Gasteiger partial charge is 0.373 e. The molecular weight excluding hydrogens is 230 g/mol. The summed E-state index contributed by atoms with van der Waals surface area (Å²) in [6, 6.07) is 3.88. The van der Waals surface area contributed by atoms with Gasteiger partial charge in [-0.05, 0) is 24.1 Å². The minimum Gasteiger partial charge on any atom is -0.373 e. The monoisotopic (exact) mass is 249 g/mol. The molecule has 1 aliphatic rings. The highest BCUT2D eigenvalue weighted by molar-refractivity contribution is 5.76. The summed E-state index contributed by atoms with van der Waals surface area (Å²) in [5.74, 6) is 0.175. The molecule has 1 aliphatic heterocycles. The summed E-state index contributed by atoms with van der Waals surface area (Å²) in [4.78, 5) is 17.9. The number of amides is 1. The van der Waals surface area contributed by atoms with Crippen LogP contribution in [0.15, 0.2) is 24.5 Å². The molecule has 2 heterocycles. The highest BCUT2D eigenvalue weighted by Gasteiger charge is 2.22. The standard InChI is InChI=1S/C13H19N3O2/c14-9-12-10-16(7-8-18-12)13(17)2-1-11-3-5-15-6-4-11/h3-6,12H,1-2,7-10,14H2. The van der Waals surface area contributed by atoms with Gasteiger partial charge in [-0.1, -0.05) is 0 Å². The number of hydrogen-bond donors (Lipinski definition) is 1. The van der Waals surface area contributed by atoms with E-state index in [9.17, 15) is 4.79 Å². The van der Waals surface area contributed by atoms with Crippen LogP contribution >= 0.6 is 0 Å². The second kappa shape index (κ2) is 6.47. The summed E-state index contributed by atoms with van der Waals surface area (Å²) >= 11 is 0. The lowest BCUT2D eigenvalue weighted by Gasteiger charge is -2.32. The van der Waals surface area contributed by atoms with E-state index in [-0.39, 0.29) is 12.0 Å². The molecule has 5 heteroatoms. The van der Waals surface area contributed by atoms with Crippen LogP contribution in [0.2, 0.25) is 0 Å². The zero-order valence-electron chi connectivity index (χ0n) is 10.4. The molecule has 1 amide bonds. The second-order valence-corrected chi connectivity index (χ2v) is 4.42. The number of ether oxygens (including phenoxy) is 1. The second-order valence-electron chi connectivity index (χ2n) is 4.42. The summed E-state index contributed by atoms with van der Waals surface area (Å²) in [6.07, 6.45) is 4.77. The SMILES string of the molecule is NCC1CN(C(=O)CCc2ccncc2)CCO1. The van der Waals surface area contributed by atoms with Crippen molar-refractivity contribution in [3.63, 3.8) is 0 Å². The van der Waals surface area contributed by atoms with E-state index in [1.54, 1.807) is 12.4 Å². The Morgan fingerprint density at radius 2 is 2.28 bits per heavy atom. The van der Waals surface area contributed by atoms with Crippen molar-refractivity contribution in [3.8, 4) is 0 Å². The summed E-state index contributed by atoms with van der Waals surface area (Å²) < 4.78 is 5.44. The molecule has 0 saturated carbocycles. The Kier molecular flexibility index (Phi) is 4.66. The molecule has 0 aromatic carbocycles. The number of aryl methyl sites for hydroxylation is 1. The number of pyridine rings is 1. The minimum atomic E-state index is -0.0105. The molecule has 1 aromatic rings. The maximum absolute atomic E-state index is 12.0. The summed E-state index contributed by atoms with van der Waals surface area (Å²) in [5.41, 5.74) is 6.70. The van der Waals surface area contributed by atoms with Gasteiger partial charge in [-0.2, -0.15) is 0 Å². The van der Waals surface area contributed by atoms with Crippen molar-refractivity contribution in [2.24, 2.45) is 5.73 Å². The van der Waals surface area contributed by atoms with E-state index < -0.39 is 0 Å². The topological polar surface area (TPSA) is 68.5 Å². The third-order valence-electron chi connectivity index (χ3n) is 3.13. The summed E-state index contributed by atoms with van der Waals surface area (Å²) in [7, 11) is 0. The van der Waals surface area contributed by atoms with Crippen molar-refractivity contribution in [3.05, 3.63) is 30.1 Å². The maximum atomic E-state index is 12.0. The Hall–Kier alpha value is -1.46. The maximum Gasteiger partial charge on any atom is 0.223 e. The van der Waals surface area contributed by atoms with Gasteiger partial charge >= 0.3 is 0 Å². The molecule has 0 spiro atoms. The number of hydrogen-bond acceptors (Lipinski definition) is 4. The van der Waals surface area contributed by atoms with E-state index in [4.69, 9.17) is 10.5 Å². The number of aromatic nitrogens is 1. The molecule has 1 fully saturated rings. The van der Waals surface area contributed by atoms with Crippen LogP contribution < -0.4 is 5.73 Å². The Bertz CT molecular complexity index is 383. The molecule has 98 valence electrons. The first-order chi connectivity index (χ1) is 8.79. The lowest BCUT2D eigenvalue weighted by molar-refractivity contribution is -0.138. The van der Waals surface area contributed by atoms with Crippen LogP contribution in [0, 0.1) is 0 Å². The first-order valence-electron chi connectivity index (χ1n) is 6.28. The van der Waals surface area contributed by atoms with Crippen molar-refractivity contribution in [1.29, 1.82) is 0 Å². The zero-order valence-corrected chi connectivity index (χ0v) is 10.4. The van der Waals surface area contributed by atoms with Gasteiger partial charge in [0.15, 0.2) is 0 Å². The predicted molar refractivity (Wildman–Crippen MR) is 67.9 cm³/mol. The molecule has 2 N–H and O–H groups in total. The van der Waals surface area contributed by atoms with E-state index in [0.29, 0.717) is 32.7 Å². The highest BCUT2D eigenvalue weighted by Crippen LogP contribution is 2.08. The van der Waals surface area contributed by atoms with Crippen molar-refractivity contribution >= 4 is 5.91 Å². The third-order valence-corrected chi connectivity index (χ3v) is 3.13. The molecule has 2 rings (SSSR count). The third kappa shape index (κ3) is 3.51. The Morgan fingerprint density at radius 3 is 3.00 bits per heavy atom. The van der Waals surface area contributed by atoms with Gasteiger partial charge in [-0.3, -0.25) is 9.78 Å². The van der Waals surface area contributed by atoms with E-state index in [0.717, 1.165) is 12.0 Å². The molecule has 5 nitrogen and oxygen atoms in total. The first kappa shape index (κ1) is 13.0. The van der Waals surface area contributed by atoms with Crippen LogP contribution in [0.1, 0.15) is 12.0 Å². The van der Waals surface area contributed by atoms with Crippen LogP contribution in [-0.4, -0.2) is 48.1 Å². The normalized spacial score (nSPS) is 19.8. The number of carbonyl (C=O) groups is 1. The van der Waals surface area contributed by atoms with Gasteiger partial charge in [0.1, 0.15) is 0 Å². The van der Waals surface area contributed by atoms with Gasteiger partial charge in [0.2, 0.25) is 5.91 Å². The fraction of sp³-hybridized carbons (Fsp3) is 0.538. The number of morpholine rings is 1. The van der Waals surface area contributed by atoms with E-state index >= 15 is 0 Å². The van der Waals surface area contributed by atoms with Crippen molar-refractivity contribution < 1.29 is 9.53 Å². The smallest absolute Gasteiger partial charge is 0.223 e. The Labute approximate surface area is 107 Å². The van der Waals surface area contributed by atoms with Crippen LogP contribution in [0.25, 0.3) is 0 Å². The van der Waals surface area contributed by atoms with Crippen molar-refractivity contribution in [2.75, 3.05) is 26.2 Å². The molecule has 0 bridgehead atoms. The van der Waals surface area contributed by atoms with Gasteiger partial charge < -0.3 is 15.4 Å². The quantitative estimate of drug-likeness (QED) is 0.827. The highest BCUT2D eigenvalue weighted by atomic mass is 16.5. The van der Waals surface area contributed by atoms with E-state index in [1.165, 1.54) is 0 Å². The Balaban J connectivity index is 1.81. The predicted octanol–water partition coefficient (Wildman–Crippen LogP) is 0.200. The number of nitrogens with two attached hydrogens (primary N) is 1. The molecular formula is C13H19N3O2. The summed E-state index contributed by atoms with van der Waals surface area (Å²) in [6.45, 7) is 2.34. The van der Waals surface area contributed by atoms with Crippen molar-refractivity contribution in [1.82, 2.24) is 9.88 Å². The summed E-state index contributed by atoms with van der Waals surface area (Å²) in [5, 5.41) is 0. The number of nitrogens with zero attached hydrogens (tertiary/aromatic N) is 2. The van der Waals surface area contributed by atoms with Crippen LogP contribution in [0.5, 0.6) is 0 Å². The molecule has 0 radical (unpaired) electrons. The molecule has 1 atom stereocenters. The van der Waals surface area contributed by atoms with Crippen LogP contribution in [0.4, 0.5) is 0 Å². The minimum absolute atomic E-state index is 0.0105. The van der Waals surface area contributed by atoms with Gasteiger partial charge in [0, 0.05) is 38.4 Å². The number of rotatable bonds is 4. The van der Waals surface area contributed by atoms with Crippen molar-refractivity contribution in [2.45, 2.75) is 18.9 Å². The average Bonchev–Trinajstić information content (AvgIpc) is 2.46. The van der Waals surface area contributed by atoms with E-state index in [1.807, 2.05) is 17.0 Å². The van der Waals surface area contributed by atoms with Gasteiger partial charge in [0.25, 0.3) is 0 Å². The molecule has 18 heavy (non-hydrogen) atoms.